The number of rotatable bonds is 9. The van der Waals surface area contributed by atoms with Crippen molar-refractivity contribution < 1.29 is 19.5 Å². The molecule has 4 rings (SSSR count). The van der Waals surface area contributed by atoms with Crippen LogP contribution >= 0.6 is 27.7 Å². The molecular weight excluding hydrogens is 518 g/mol. The normalized spacial score (nSPS) is 31.6. The van der Waals surface area contributed by atoms with Gasteiger partial charge in [0.15, 0.2) is 0 Å². The Kier molecular flexibility index (Phi) is 7.64. The van der Waals surface area contributed by atoms with Crippen LogP contribution in [0.15, 0.2) is 18.2 Å². The van der Waals surface area contributed by atoms with Gasteiger partial charge in [-0.1, -0.05) is 40.9 Å². The van der Waals surface area contributed by atoms with Crippen LogP contribution in [0.4, 0.5) is 5.69 Å². The smallest absolute Gasteiger partial charge is 0.248 e. The van der Waals surface area contributed by atoms with Crippen LogP contribution in [0, 0.1) is 25.7 Å². The maximum absolute atomic E-state index is 13.9. The van der Waals surface area contributed by atoms with E-state index < -0.39 is 22.6 Å². The van der Waals surface area contributed by atoms with Gasteiger partial charge in [0.05, 0.1) is 16.6 Å². The van der Waals surface area contributed by atoms with Gasteiger partial charge in [-0.15, -0.1) is 11.8 Å². The third kappa shape index (κ3) is 4.28. The SMILES string of the molecule is CNC(=O)[C@H]1[C@H]2C(=O)N(CCCCCCO)C(C(=O)Nc3cc(C)ccc3C)C23CC(Br)[C@@H]1S3. The Morgan fingerprint density at radius 2 is 1.94 bits per heavy atom. The van der Waals surface area contributed by atoms with Crippen molar-refractivity contribution in [1.29, 1.82) is 0 Å². The molecule has 3 heterocycles. The topological polar surface area (TPSA) is 98.7 Å². The summed E-state index contributed by atoms with van der Waals surface area (Å²) < 4.78 is -0.625. The zero-order chi connectivity index (χ0) is 24.6. The molecule has 3 saturated heterocycles. The highest BCUT2D eigenvalue weighted by atomic mass is 79.9. The first kappa shape index (κ1) is 25.5. The Labute approximate surface area is 213 Å². The first-order valence-corrected chi connectivity index (χ1v) is 13.9. The number of unbranched alkanes of at least 4 members (excludes halogenated alkanes) is 3. The zero-order valence-corrected chi connectivity index (χ0v) is 22.4. The monoisotopic (exact) mass is 551 g/mol. The van der Waals surface area contributed by atoms with E-state index in [0.29, 0.717) is 13.0 Å². The first-order chi connectivity index (χ1) is 16.2. The van der Waals surface area contributed by atoms with E-state index in [1.54, 1.807) is 23.7 Å². The van der Waals surface area contributed by atoms with E-state index in [1.807, 2.05) is 32.0 Å². The molecule has 3 N–H and O–H groups in total. The van der Waals surface area contributed by atoms with Crippen LogP contribution in [-0.4, -0.2) is 68.8 Å². The molecule has 1 aromatic carbocycles. The summed E-state index contributed by atoms with van der Waals surface area (Å²) in [5, 5.41) is 14.9. The standard InChI is InChI=1S/C25H34BrN3O4S/c1-14-8-9-15(2)17(12-14)28-23(32)21-25-13-16(26)20(34-25)18(22(31)27-3)19(25)24(33)29(21)10-6-4-5-7-11-30/h8-9,12,16,18-21,30H,4-7,10-11,13H2,1-3H3,(H,27,31)(H,28,32)/t16?,18-,19-,20-,21?,25?/m0/s1. The number of likely N-dealkylation sites (tertiary alicyclic amines) is 1. The summed E-state index contributed by atoms with van der Waals surface area (Å²) in [4.78, 5) is 42.4. The molecule has 1 aromatic rings. The highest BCUT2D eigenvalue weighted by Gasteiger charge is 2.75. The van der Waals surface area contributed by atoms with Gasteiger partial charge in [0, 0.05) is 36.0 Å². The molecule has 2 bridgehead atoms. The number of carbonyl (C=O) groups excluding carboxylic acids is 3. The summed E-state index contributed by atoms with van der Waals surface area (Å²) in [6, 6.07) is 5.32. The number of carbonyl (C=O) groups is 3. The van der Waals surface area contributed by atoms with E-state index in [9.17, 15) is 14.4 Å². The molecule has 0 aliphatic carbocycles. The van der Waals surface area contributed by atoms with Gasteiger partial charge in [0.25, 0.3) is 0 Å². The number of hydrogen-bond acceptors (Lipinski definition) is 5. The molecule has 3 fully saturated rings. The maximum atomic E-state index is 13.9. The second kappa shape index (κ2) is 10.2. The van der Waals surface area contributed by atoms with Gasteiger partial charge < -0.3 is 20.6 Å². The fraction of sp³-hybridized carbons (Fsp3) is 0.640. The number of hydrogen-bond donors (Lipinski definition) is 3. The summed E-state index contributed by atoms with van der Waals surface area (Å²) in [5.41, 5.74) is 2.78. The average Bonchev–Trinajstić information content (AvgIpc) is 3.39. The maximum Gasteiger partial charge on any atom is 0.248 e. The molecule has 186 valence electrons. The van der Waals surface area contributed by atoms with E-state index >= 15 is 0 Å². The molecule has 3 aliphatic rings. The number of nitrogens with zero attached hydrogens (tertiary/aromatic N) is 1. The third-order valence-corrected chi connectivity index (χ3v) is 10.8. The number of halogens is 1. The zero-order valence-electron chi connectivity index (χ0n) is 20.0. The number of aryl methyl sites for hydroxylation is 2. The molecule has 7 nitrogen and oxygen atoms in total. The van der Waals surface area contributed by atoms with Crippen LogP contribution in [0.5, 0.6) is 0 Å². The Bertz CT molecular complexity index is 975. The first-order valence-electron chi connectivity index (χ1n) is 12.1. The number of aliphatic hydroxyl groups is 1. The number of aliphatic hydroxyl groups excluding tert-OH is 1. The van der Waals surface area contributed by atoms with Crippen LogP contribution in [0.25, 0.3) is 0 Å². The number of thioether (sulfide) groups is 1. The molecule has 0 saturated carbocycles. The molecular formula is C25H34BrN3O4S. The predicted molar refractivity (Wildman–Crippen MR) is 138 cm³/mol. The minimum atomic E-state index is -0.632. The van der Waals surface area contributed by atoms with Crippen molar-refractivity contribution in [3.8, 4) is 0 Å². The lowest BCUT2D eigenvalue weighted by molar-refractivity contribution is -0.139. The van der Waals surface area contributed by atoms with Crippen molar-refractivity contribution in [3.63, 3.8) is 0 Å². The van der Waals surface area contributed by atoms with Crippen molar-refractivity contribution in [1.82, 2.24) is 10.2 Å². The van der Waals surface area contributed by atoms with Gasteiger partial charge in [-0.3, -0.25) is 14.4 Å². The molecule has 0 aromatic heterocycles. The van der Waals surface area contributed by atoms with Gasteiger partial charge in [-0.25, -0.2) is 0 Å². The van der Waals surface area contributed by atoms with Crippen LogP contribution in [-0.2, 0) is 14.4 Å². The van der Waals surface area contributed by atoms with Gasteiger partial charge in [-0.05, 0) is 50.3 Å². The molecule has 3 aliphatic heterocycles. The van der Waals surface area contributed by atoms with Crippen LogP contribution in [0.2, 0.25) is 0 Å². The van der Waals surface area contributed by atoms with Gasteiger partial charge in [0.2, 0.25) is 17.7 Å². The lowest BCUT2D eigenvalue weighted by atomic mass is 9.70. The summed E-state index contributed by atoms with van der Waals surface area (Å²) in [7, 11) is 1.61. The van der Waals surface area contributed by atoms with Crippen LogP contribution < -0.4 is 10.6 Å². The summed E-state index contributed by atoms with van der Waals surface area (Å²) in [5.74, 6) is -1.32. The highest BCUT2D eigenvalue weighted by Crippen LogP contribution is 2.67. The van der Waals surface area contributed by atoms with Gasteiger partial charge >= 0.3 is 0 Å². The number of nitrogens with one attached hydrogen (secondary N) is 2. The molecule has 34 heavy (non-hydrogen) atoms. The minimum absolute atomic E-state index is 0.0309. The Morgan fingerprint density at radius 1 is 1.21 bits per heavy atom. The summed E-state index contributed by atoms with van der Waals surface area (Å²) >= 11 is 5.42. The number of anilines is 1. The van der Waals surface area contributed by atoms with E-state index in [0.717, 1.165) is 42.5 Å². The summed E-state index contributed by atoms with van der Waals surface area (Å²) in [6.07, 6.45) is 3.94. The van der Waals surface area contributed by atoms with Crippen molar-refractivity contribution in [3.05, 3.63) is 29.3 Å². The molecule has 0 radical (unpaired) electrons. The van der Waals surface area contributed by atoms with Crippen LogP contribution in [0.3, 0.4) is 0 Å². The molecule has 3 amide bonds. The Morgan fingerprint density at radius 3 is 2.65 bits per heavy atom. The van der Waals surface area contributed by atoms with E-state index in [1.165, 1.54) is 0 Å². The fourth-order valence-corrected chi connectivity index (χ4v) is 9.57. The minimum Gasteiger partial charge on any atom is -0.396 e. The lowest BCUT2D eigenvalue weighted by Gasteiger charge is -2.35. The van der Waals surface area contributed by atoms with Crippen molar-refractivity contribution in [2.24, 2.45) is 11.8 Å². The summed E-state index contributed by atoms with van der Waals surface area (Å²) in [6.45, 7) is 4.58. The van der Waals surface area contributed by atoms with E-state index in [-0.39, 0.29) is 34.4 Å². The Balaban J connectivity index is 1.66. The third-order valence-electron chi connectivity index (χ3n) is 7.54. The van der Waals surface area contributed by atoms with Crippen molar-refractivity contribution >= 4 is 51.1 Å². The largest absolute Gasteiger partial charge is 0.396 e. The number of fused-ring (bicyclic) bond motifs is 1. The van der Waals surface area contributed by atoms with Gasteiger partial charge in [-0.2, -0.15) is 0 Å². The lowest BCUT2D eigenvalue weighted by Crippen LogP contribution is -2.53. The van der Waals surface area contributed by atoms with Crippen molar-refractivity contribution in [2.75, 3.05) is 25.5 Å². The second-order valence-corrected chi connectivity index (χ2v) is 12.5. The number of benzene rings is 1. The molecule has 3 unspecified atom stereocenters. The molecule has 6 atom stereocenters. The van der Waals surface area contributed by atoms with Crippen molar-refractivity contribution in [2.45, 2.75) is 66.8 Å². The van der Waals surface area contributed by atoms with E-state index in [2.05, 4.69) is 26.6 Å². The average molecular weight is 553 g/mol. The Hall–Kier alpha value is -1.58. The number of amides is 3. The quantitative estimate of drug-likeness (QED) is 0.323. The number of alkyl halides is 1. The fourth-order valence-electron chi connectivity index (χ4n) is 5.96. The second-order valence-electron chi connectivity index (χ2n) is 9.75. The highest BCUT2D eigenvalue weighted by molar-refractivity contribution is 9.09. The van der Waals surface area contributed by atoms with Gasteiger partial charge in [0.1, 0.15) is 6.04 Å². The molecule has 9 heteroatoms. The molecule has 1 spiro atoms. The van der Waals surface area contributed by atoms with E-state index in [4.69, 9.17) is 5.11 Å². The predicted octanol–water partition coefficient (Wildman–Crippen LogP) is 3.01. The van der Waals surface area contributed by atoms with Crippen LogP contribution in [0.1, 0.15) is 43.2 Å².